The van der Waals surface area contributed by atoms with E-state index in [1.165, 1.54) is 0 Å². The maximum Gasteiger partial charge on any atom is 0.145 e. The molecule has 3 nitrogen and oxygen atoms in total. The highest BCUT2D eigenvalue weighted by molar-refractivity contribution is 6.17. The van der Waals surface area contributed by atoms with Crippen LogP contribution in [-0.4, -0.2) is 22.4 Å². The molecule has 0 aliphatic carbocycles. The summed E-state index contributed by atoms with van der Waals surface area (Å²) >= 11 is 5.62. The number of anilines is 1. The summed E-state index contributed by atoms with van der Waals surface area (Å²) in [6.07, 6.45) is 5.12. The Bertz CT molecular complexity index is 473. The van der Waals surface area contributed by atoms with Crippen molar-refractivity contribution >= 4 is 28.5 Å². The largest absolute Gasteiger partial charge is 0.369 e. The second kappa shape index (κ2) is 6.40. The third-order valence-corrected chi connectivity index (χ3v) is 2.83. The quantitative estimate of drug-likeness (QED) is 0.629. The van der Waals surface area contributed by atoms with Crippen LogP contribution in [0.5, 0.6) is 0 Å². The van der Waals surface area contributed by atoms with Crippen molar-refractivity contribution in [3.05, 3.63) is 30.5 Å². The van der Waals surface area contributed by atoms with Crippen LogP contribution < -0.4 is 5.32 Å². The normalized spacial score (nSPS) is 10.6. The van der Waals surface area contributed by atoms with Gasteiger partial charge in [-0.25, -0.2) is 4.98 Å². The van der Waals surface area contributed by atoms with Crippen molar-refractivity contribution in [1.29, 1.82) is 0 Å². The van der Waals surface area contributed by atoms with Gasteiger partial charge in [-0.05, 0) is 25.0 Å². The molecule has 17 heavy (non-hydrogen) atoms. The maximum atomic E-state index is 5.62. The second-order valence-electron chi connectivity index (χ2n) is 3.92. The predicted molar refractivity (Wildman–Crippen MR) is 72.6 cm³/mol. The summed E-state index contributed by atoms with van der Waals surface area (Å²) in [5.74, 6) is 1.59. The van der Waals surface area contributed by atoms with Gasteiger partial charge in [0.25, 0.3) is 0 Å². The lowest BCUT2D eigenvalue weighted by Crippen LogP contribution is -2.04. The first-order valence-corrected chi connectivity index (χ1v) is 6.45. The molecule has 0 spiro atoms. The summed E-state index contributed by atoms with van der Waals surface area (Å²) in [6, 6.07) is 7.88. The van der Waals surface area contributed by atoms with Crippen LogP contribution in [0.1, 0.15) is 19.3 Å². The van der Waals surface area contributed by atoms with E-state index < -0.39 is 0 Å². The molecule has 2 aromatic rings. The number of halogens is 1. The number of fused-ring (bicyclic) bond motifs is 1. The first-order chi connectivity index (χ1) is 8.40. The van der Waals surface area contributed by atoms with E-state index in [2.05, 4.69) is 15.3 Å². The van der Waals surface area contributed by atoms with E-state index in [9.17, 15) is 0 Å². The highest BCUT2D eigenvalue weighted by atomic mass is 35.5. The van der Waals surface area contributed by atoms with E-state index in [1.807, 2.05) is 24.3 Å². The van der Waals surface area contributed by atoms with Crippen molar-refractivity contribution in [1.82, 2.24) is 9.97 Å². The molecule has 0 aliphatic rings. The molecular weight excluding hydrogens is 234 g/mol. The van der Waals surface area contributed by atoms with Crippen LogP contribution >= 0.6 is 11.6 Å². The van der Waals surface area contributed by atoms with Crippen molar-refractivity contribution in [3.63, 3.8) is 0 Å². The summed E-state index contributed by atoms with van der Waals surface area (Å²) in [4.78, 5) is 8.84. The number of alkyl halides is 1. The fourth-order valence-corrected chi connectivity index (χ4v) is 1.84. The average Bonchev–Trinajstić information content (AvgIpc) is 2.38. The molecule has 4 heteroatoms. The Morgan fingerprint density at radius 3 is 2.71 bits per heavy atom. The fraction of sp³-hybridized carbons (Fsp3) is 0.385. The molecule has 90 valence electrons. The van der Waals surface area contributed by atoms with E-state index in [0.717, 1.165) is 48.5 Å². The summed E-state index contributed by atoms with van der Waals surface area (Å²) < 4.78 is 0. The van der Waals surface area contributed by atoms with Crippen LogP contribution in [0.15, 0.2) is 30.5 Å². The molecule has 0 bridgehead atoms. The molecule has 1 N–H and O–H groups in total. The van der Waals surface area contributed by atoms with E-state index in [1.54, 1.807) is 6.20 Å². The first kappa shape index (κ1) is 12.1. The predicted octanol–water partition coefficient (Wildman–Crippen LogP) is 3.45. The number of hydrogen-bond acceptors (Lipinski definition) is 3. The van der Waals surface area contributed by atoms with Gasteiger partial charge in [0.05, 0.1) is 17.2 Å². The number of para-hydroxylation sites is 2. The number of rotatable bonds is 6. The van der Waals surface area contributed by atoms with Crippen molar-refractivity contribution in [2.45, 2.75) is 19.3 Å². The molecule has 1 aromatic carbocycles. The zero-order valence-electron chi connectivity index (χ0n) is 9.69. The SMILES string of the molecule is ClCCCCCNc1cnc2ccccc2n1. The van der Waals surface area contributed by atoms with Gasteiger partial charge in [-0.3, -0.25) is 4.98 Å². The molecule has 0 aliphatic heterocycles. The van der Waals surface area contributed by atoms with E-state index in [4.69, 9.17) is 11.6 Å². The molecule has 0 saturated carbocycles. The second-order valence-corrected chi connectivity index (χ2v) is 4.30. The van der Waals surface area contributed by atoms with Gasteiger partial charge >= 0.3 is 0 Å². The lowest BCUT2D eigenvalue weighted by Gasteiger charge is -2.05. The van der Waals surface area contributed by atoms with Crippen molar-refractivity contribution in [2.75, 3.05) is 17.7 Å². The number of nitrogens with one attached hydrogen (secondary N) is 1. The summed E-state index contributed by atoms with van der Waals surface area (Å²) in [5.41, 5.74) is 1.86. The smallest absolute Gasteiger partial charge is 0.145 e. The Balaban J connectivity index is 1.90. The van der Waals surface area contributed by atoms with Crippen molar-refractivity contribution < 1.29 is 0 Å². The minimum Gasteiger partial charge on any atom is -0.369 e. The molecule has 0 atom stereocenters. The van der Waals surface area contributed by atoms with Gasteiger partial charge in [-0.2, -0.15) is 0 Å². The van der Waals surface area contributed by atoms with Gasteiger partial charge < -0.3 is 5.32 Å². The Morgan fingerprint density at radius 1 is 1.06 bits per heavy atom. The van der Waals surface area contributed by atoms with Crippen LogP contribution in [0, 0.1) is 0 Å². The average molecular weight is 250 g/mol. The Kier molecular flexibility index (Phi) is 4.56. The third kappa shape index (κ3) is 3.56. The lowest BCUT2D eigenvalue weighted by molar-refractivity contribution is 0.746. The molecule has 0 radical (unpaired) electrons. The Hall–Kier alpha value is -1.35. The number of nitrogens with zero attached hydrogens (tertiary/aromatic N) is 2. The minimum absolute atomic E-state index is 0.746. The van der Waals surface area contributed by atoms with Crippen LogP contribution in [-0.2, 0) is 0 Å². The van der Waals surface area contributed by atoms with E-state index in [0.29, 0.717) is 0 Å². The molecule has 1 heterocycles. The zero-order valence-corrected chi connectivity index (χ0v) is 10.5. The Morgan fingerprint density at radius 2 is 1.88 bits per heavy atom. The highest BCUT2D eigenvalue weighted by Gasteiger charge is 1.97. The fourth-order valence-electron chi connectivity index (χ4n) is 1.66. The lowest BCUT2D eigenvalue weighted by atomic mass is 10.2. The summed E-state index contributed by atoms with van der Waals surface area (Å²) in [6.45, 7) is 0.921. The monoisotopic (exact) mass is 249 g/mol. The third-order valence-electron chi connectivity index (χ3n) is 2.57. The van der Waals surface area contributed by atoms with Crippen molar-refractivity contribution in [3.8, 4) is 0 Å². The molecule has 0 saturated heterocycles. The van der Waals surface area contributed by atoms with Crippen LogP contribution in [0.3, 0.4) is 0 Å². The summed E-state index contributed by atoms with van der Waals surface area (Å²) in [7, 11) is 0. The first-order valence-electron chi connectivity index (χ1n) is 5.92. The molecule has 0 unspecified atom stereocenters. The topological polar surface area (TPSA) is 37.8 Å². The van der Waals surface area contributed by atoms with Gasteiger partial charge in [-0.1, -0.05) is 18.6 Å². The number of hydrogen-bond donors (Lipinski definition) is 1. The van der Waals surface area contributed by atoms with Crippen LogP contribution in [0.4, 0.5) is 5.82 Å². The standard InChI is InChI=1S/C13H16ClN3/c14-8-4-1-5-9-15-13-10-16-11-6-2-3-7-12(11)17-13/h2-3,6-7,10H,1,4-5,8-9H2,(H,15,17). The molecule has 2 rings (SSSR count). The molecule has 0 amide bonds. The van der Waals surface area contributed by atoms with Gasteiger partial charge in [0.15, 0.2) is 0 Å². The van der Waals surface area contributed by atoms with Crippen LogP contribution in [0.25, 0.3) is 11.0 Å². The van der Waals surface area contributed by atoms with Gasteiger partial charge in [0, 0.05) is 12.4 Å². The van der Waals surface area contributed by atoms with E-state index >= 15 is 0 Å². The summed E-state index contributed by atoms with van der Waals surface area (Å²) in [5, 5.41) is 3.28. The number of aromatic nitrogens is 2. The van der Waals surface area contributed by atoms with Crippen LogP contribution in [0.2, 0.25) is 0 Å². The molecule has 0 fully saturated rings. The highest BCUT2D eigenvalue weighted by Crippen LogP contribution is 2.11. The molecular formula is C13H16ClN3. The van der Waals surface area contributed by atoms with Gasteiger partial charge in [-0.15, -0.1) is 11.6 Å². The maximum absolute atomic E-state index is 5.62. The van der Waals surface area contributed by atoms with E-state index in [-0.39, 0.29) is 0 Å². The molecule has 1 aromatic heterocycles. The zero-order chi connectivity index (χ0) is 11.9. The Labute approximate surface area is 106 Å². The minimum atomic E-state index is 0.746. The number of benzene rings is 1. The van der Waals surface area contributed by atoms with Gasteiger partial charge in [0.1, 0.15) is 5.82 Å². The number of unbranched alkanes of at least 4 members (excludes halogenated alkanes) is 2. The van der Waals surface area contributed by atoms with Crippen molar-refractivity contribution in [2.24, 2.45) is 0 Å². The van der Waals surface area contributed by atoms with Gasteiger partial charge in [0.2, 0.25) is 0 Å².